The summed E-state index contributed by atoms with van der Waals surface area (Å²) in [6.07, 6.45) is 0. The minimum atomic E-state index is -4.74. The first-order valence-electron chi connectivity index (χ1n) is 8.16. The molecule has 28 heavy (non-hydrogen) atoms. The third kappa shape index (κ3) is 3.11. The first kappa shape index (κ1) is 20.1. The quantitative estimate of drug-likeness (QED) is 0.593. The van der Waals surface area contributed by atoms with E-state index in [9.17, 15) is 13.2 Å². The Morgan fingerprint density at radius 2 is 1.64 bits per heavy atom. The summed E-state index contributed by atoms with van der Waals surface area (Å²) in [5.41, 5.74) is 4.69. The molecule has 0 aromatic heterocycles. The molecular formula is C18H14B3NO5S. The van der Waals surface area contributed by atoms with E-state index < -0.39 is 37.6 Å². The van der Waals surface area contributed by atoms with Crippen molar-refractivity contribution in [3.63, 3.8) is 0 Å². The highest BCUT2D eigenvalue weighted by atomic mass is 32.2. The molecule has 1 aliphatic rings. The lowest BCUT2D eigenvalue weighted by Gasteiger charge is -2.27. The summed E-state index contributed by atoms with van der Waals surface area (Å²) in [4.78, 5) is 12.9. The van der Waals surface area contributed by atoms with Crippen LogP contribution < -0.4 is 5.73 Å². The van der Waals surface area contributed by atoms with Gasteiger partial charge in [-0.3, -0.25) is 4.79 Å². The van der Waals surface area contributed by atoms with Gasteiger partial charge in [0.2, 0.25) is 17.4 Å². The van der Waals surface area contributed by atoms with E-state index in [0.717, 1.165) is 0 Å². The number of ether oxygens (including phenoxy) is 1. The molecule has 0 saturated carbocycles. The van der Waals surface area contributed by atoms with Crippen molar-refractivity contribution in [3.8, 4) is 0 Å². The molecule has 0 spiro atoms. The molecule has 0 fully saturated rings. The Hall–Kier alpha value is -2.61. The zero-order chi connectivity index (χ0) is 20.7. The Morgan fingerprint density at radius 3 is 2.25 bits per heavy atom. The van der Waals surface area contributed by atoms with Crippen LogP contribution in [0.25, 0.3) is 0 Å². The molecule has 0 bridgehead atoms. The first-order valence-corrected chi connectivity index (χ1v) is 9.57. The van der Waals surface area contributed by atoms with E-state index in [1.54, 1.807) is 49.4 Å². The van der Waals surface area contributed by atoms with E-state index in [1.807, 2.05) is 0 Å². The van der Waals surface area contributed by atoms with Gasteiger partial charge in [-0.15, -0.1) is 0 Å². The number of Topliss-reactive ketones (excluding diaryl/α,β-unsaturated/α-hetero) is 1. The van der Waals surface area contributed by atoms with Crippen LogP contribution in [0, 0.1) is 6.92 Å². The molecule has 6 radical (unpaired) electrons. The molecule has 1 unspecified atom stereocenters. The van der Waals surface area contributed by atoms with Gasteiger partial charge in [0, 0.05) is 0 Å². The molecule has 1 aliphatic heterocycles. The third-order valence-corrected chi connectivity index (χ3v) is 5.86. The molecule has 1 atom stereocenters. The fourth-order valence-corrected chi connectivity index (χ4v) is 3.75. The lowest BCUT2D eigenvalue weighted by atomic mass is 9.65. The van der Waals surface area contributed by atoms with Crippen LogP contribution in [-0.2, 0) is 33.9 Å². The lowest BCUT2D eigenvalue weighted by Crippen LogP contribution is -2.40. The van der Waals surface area contributed by atoms with Crippen LogP contribution in [0.3, 0.4) is 0 Å². The summed E-state index contributed by atoms with van der Waals surface area (Å²) in [6.45, 7) is 1.71. The van der Waals surface area contributed by atoms with Crippen molar-refractivity contribution < 1.29 is 22.1 Å². The van der Waals surface area contributed by atoms with Gasteiger partial charge in [0.1, 0.15) is 7.85 Å². The van der Waals surface area contributed by atoms with Crippen molar-refractivity contribution in [2.45, 2.75) is 17.0 Å². The topological polar surface area (TPSA) is 95.7 Å². The smallest absolute Gasteiger partial charge is 0.302 e. The average molecular weight is 389 g/mol. The van der Waals surface area contributed by atoms with E-state index in [-0.39, 0.29) is 5.56 Å². The lowest BCUT2D eigenvalue weighted by molar-refractivity contribution is -0.126. The van der Waals surface area contributed by atoms with E-state index in [2.05, 4.69) is 0 Å². The monoisotopic (exact) mass is 389 g/mol. The molecule has 1 heterocycles. The summed E-state index contributed by atoms with van der Waals surface area (Å²) in [5, 5.41) is 0. The van der Waals surface area contributed by atoms with Crippen molar-refractivity contribution in [3.05, 3.63) is 82.9 Å². The van der Waals surface area contributed by atoms with Crippen molar-refractivity contribution in [1.29, 1.82) is 0 Å². The van der Waals surface area contributed by atoms with Crippen molar-refractivity contribution in [2.75, 3.05) is 0 Å². The molecule has 3 rings (SSSR count). The number of hydrogen-bond acceptors (Lipinski definition) is 6. The highest BCUT2D eigenvalue weighted by molar-refractivity contribution is 7.90. The predicted molar refractivity (Wildman–Crippen MR) is 106 cm³/mol. The van der Waals surface area contributed by atoms with Crippen LogP contribution in [0.2, 0.25) is 0 Å². The molecule has 6 nitrogen and oxygen atoms in total. The fourth-order valence-electron chi connectivity index (χ4n) is 2.81. The maximum atomic E-state index is 12.9. The molecule has 2 aromatic rings. The van der Waals surface area contributed by atoms with Gasteiger partial charge in [0.15, 0.2) is 5.50 Å². The summed E-state index contributed by atoms with van der Waals surface area (Å²) in [5.74, 6) is -2.32. The van der Waals surface area contributed by atoms with Gasteiger partial charge in [0.05, 0.1) is 20.2 Å². The second-order valence-electron chi connectivity index (χ2n) is 6.37. The summed E-state index contributed by atoms with van der Waals surface area (Å²) < 4.78 is 33.2. The third-order valence-electron chi connectivity index (χ3n) is 4.42. The van der Waals surface area contributed by atoms with Gasteiger partial charge in [-0.05, 0) is 23.6 Å². The first-order chi connectivity index (χ1) is 13.0. The highest BCUT2D eigenvalue weighted by Gasteiger charge is 2.50. The summed E-state index contributed by atoms with van der Waals surface area (Å²) in [7, 11) is 13.0. The van der Waals surface area contributed by atoms with Gasteiger partial charge >= 0.3 is 10.1 Å². The Bertz CT molecular complexity index is 1070. The molecule has 0 amide bonds. The normalized spacial score (nSPS) is 20.1. The number of carbonyl (C=O) groups is 1. The van der Waals surface area contributed by atoms with Crippen LogP contribution >= 0.6 is 0 Å². The SMILES string of the molecule is [B]C1(c2ccccc2C)OC(N)=C(OS(=O)(=O)C([B])([B])c2ccccc2)C1=O. The Kier molecular flexibility index (Phi) is 4.87. The van der Waals surface area contributed by atoms with Crippen LogP contribution in [0.15, 0.2) is 66.2 Å². The number of nitrogens with two attached hydrogens (primary N) is 1. The van der Waals surface area contributed by atoms with E-state index in [0.29, 0.717) is 11.1 Å². The van der Waals surface area contributed by atoms with E-state index in [4.69, 9.17) is 38.2 Å². The fraction of sp³-hybridized carbons (Fsp3) is 0.167. The van der Waals surface area contributed by atoms with E-state index >= 15 is 0 Å². The second-order valence-corrected chi connectivity index (χ2v) is 8.12. The van der Waals surface area contributed by atoms with Crippen LogP contribution in [0.4, 0.5) is 0 Å². The molecule has 10 heteroatoms. The Balaban J connectivity index is 1.96. The molecule has 136 valence electrons. The van der Waals surface area contributed by atoms with Gasteiger partial charge in [-0.1, -0.05) is 54.6 Å². The number of rotatable bonds is 5. The molecule has 0 saturated heterocycles. The van der Waals surface area contributed by atoms with Gasteiger partial charge < -0.3 is 14.7 Å². The van der Waals surface area contributed by atoms with Crippen LogP contribution in [0.1, 0.15) is 16.7 Å². The maximum absolute atomic E-state index is 12.9. The van der Waals surface area contributed by atoms with Crippen molar-refractivity contribution >= 4 is 39.4 Å². The number of carbonyl (C=O) groups excluding carboxylic acids is 1. The van der Waals surface area contributed by atoms with Gasteiger partial charge in [-0.25, -0.2) is 0 Å². The Morgan fingerprint density at radius 1 is 1.07 bits per heavy atom. The molecule has 0 aliphatic carbocycles. The number of aryl methyl sites for hydroxylation is 1. The molecule has 2 aromatic carbocycles. The minimum Gasteiger partial charge on any atom is -0.467 e. The highest BCUT2D eigenvalue weighted by Crippen LogP contribution is 2.38. The van der Waals surface area contributed by atoms with E-state index in [1.165, 1.54) is 12.1 Å². The summed E-state index contributed by atoms with van der Waals surface area (Å²) in [6, 6.07) is 14.3. The number of hydrogen-bond donors (Lipinski definition) is 1. The Labute approximate surface area is 167 Å². The molecular weight excluding hydrogens is 375 g/mol. The standard InChI is InChI=1S/C18H14B3NO5S/c1-11-7-5-6-10-13(11)17(19)15(23)14(16(22)26-17)27-28(24,25)18(20,21)12-8-3-2-4-9-12/h2-10H,22H2,1H3. The minimum absolute atomic E-state index is 0.0541. The van der Waals surface area contributed by atoms with Gasteiger partial charge in [-0.2, -0.15) is 8.42 Å². The van der Waals surface area contributed by atoms with Crippen LogP contribution in [0.5, 0.6) is 0 Å². The predicted octanol–water partition coefficient (Wildman–Crippen LogP) is 0.537. The molecule has 2 N–H and O–H groups in total. The van der Waals surface area contributed by atoms with Crippen molar-refractivity contribution in [1.82, 2.24) is 0 Å². The maximum Gasteiger partial charge on any atom is 0.302 e. The average Bonchev–Trinajstić information content (AvgIpc) is 2.86. The number of benzene rings is 2. The summed E-state index contributed by atoms with van der Waals surface area (Å²) >= 11 is 0. The largest absolute Gasteiger partial charge is 0.467 e. The van der Waals surface area contributed by atoms with Crippen LogP contribution in [-0.4, -0.2) is 37.7 Å². The zero-order valence-corrected chi connectivity index (χ0v) is 15.8. The van der Waals surface area contributed by atoms with Gasteiger partial charge in [0.25, 0.3) is 0 Å². The second kappa shape index (κ2) is 6.77. The zero-order valence-electron chi connectivity index (χ0n) is 15.0. The number of ketones is 1. The van der Waals surface area contributed by atoms with Crippen molar-refractivity contribution in [2.24, 2.45) is 5.73 Å².